The minimum absolute atomic E-state index is 0.111. The predicted molar refractivity (Wildman–Crippen MR) is 98.7 cm³/mol. The fourth-order valence-electron chi connectivity index (χ4n) is 3.15. The number of nitrogens with zero attached hydrogens (tertiary/aromatic N) is 2. The highest BCUT2D eigenvalue weighted by atomic mass is 19.4. The first-order valence-corrected chi connectivity index (χ1v) is 8.93. The quantitative estimate of drug-likeness (QED) is 0.379. The van der Waals surface area contributed by atoms with Gasteiger partial charge in [0, 0.05) is 5.69 Å². The van der Waals surface area contributed by atoms with Gasteiger partial charge in [0.05, 0.1) is 30.3 Å². The zero-order chi connectivity index (χ0) is 23.8. The van der Waals surface area contributed by atoms with Crippen LogP contribution in [0.3, 0.4) is 0 Å². The smallest absolute Gasteiger partial charge is 0.416 e. The molecule has 3 rings (SSSR count). The van der Waals surface area contributed by atoms with E-state index >= 15 is 0 Å². The molecule has 2 aromatic rings. The summed E-state index contributed by atoms with van der Waals surface area (Å²) in [4.78, 5) is 39.0. The Kier molecular flexibility index (Phi) is 5.90. The Balaban J connectivity index is 2.01. The summed E-state index contributed by atoms with van der Waals surface area (Å²) in [7, 11) is 1.04. The molecule has 1 heterocycles. The van der Waals surface area contributed by atoms with Gasteiger partial charge in [0.15, 0.2) is 0 Å². The fraction of sp³-hybridized carbons (Fsp3) is 0.250. The number of hydrogen-bond acceptors (Lipinski definition) is 4. The molecule has 1 unspecified atom stereocenters. The maximum absolute atomic E-state index is 13.0. The van der Waals surface area contributed by atoms with Gasteiger partial charge in [-0.05, 0) is 48.5 Å². The second-order valence-electron chi connectivity index (χ2n) is 6.71. The van der Waals surface area contributed by atoms with E-state index in [2.05, 4.69) is 4.74 Å². The molecule has 1 aliphatic heterocycles. The number of hydrogen-bond donors (Lipinski definition) is 0. The number of anilines is 2. The second-order valence-corrected chi connectivity index (χ2v) is 6.71. The lowest BCUT2D eigenvalue weighted by atomic mass is 10.1. The average molecular weight is 460 g/mol. The van der Waals surface area contributed by atoms with Crippen LogP contribution < -0.4 is 9.80 Å². The van der Waals surface area contributed by atoms with E-state index in [9.17, 15) is 40.7 Å². The number of halogens is 6. The molecule has 0 radical (unpaired) electrons. The molecule has 1 fully saturated rings. The number of urea groups is 1. The van der Waals surface area contributed by atoms with Crippen molar-refractivity contribution in [2.75, 3.05) is 16.9 Å². The Morgan fingerprint density at radius 1 is 0.844 bits per heavy atom. The summed E-state index contributed by atoms with van der Waals surface area (Å²) in [5, 5.41) is 0. The lowest BCUT2D eigenvalue weighted by molar-refractivity contribution is -0.142. The minimum atomic E-state index is -4.64. The molecule has 6 nitrogen and oxygen atoms in total. The third-order valence-electron chi connectivity index (χ3n) is 4.73. The normalized spacial score (nSPS) is 17.2. The Morgan fingerprint density at radius 2 is 1.28 bits per heavy atom. The molecule has 0 aromatic heterocycles. The third-order valence-corrected chi connectivity index (χ3v) is 4.73. The van der Waals surface area contributed by atoms with Crippen LogP contribution in [0, 0.1) is 0 Å². The molecule has 1 atom stereocenters. The van der Waals surface area contributed by atoms with Crippen LogP contribution in [0.4, 0.5) is 42.5 Å². The Bertz CT molecular complexity index is 1030. The number of imide groups is 1. The molecule has 0 bridgehead atoms. The van der Waals surface area contributed by atoms with Crippen molar-refractivity contribution in [2.24, 2.45) is 0 Å². The van der Waals surface area contributed by atoms with E-state index in [-0.39, 0.29) is 11.4 Å². The number of ether oxygens (including phenoxy) is 1. The van der Waals surface area contributed by atoms with Gasteiger partial charge in [-0.3, -0.25) is 14.5 Å². The van der Waals surface area contributed by atoms with Crippen LogP contribution in [0.5, 0.6) is 0 Å². The van der Waals surface area contributed by atoms with Gasteiger partial charge < -0.3 is 4.74 Å². The summed E-state index contributed by atoms with van der Waals surface area (Å²) >= 11 is 0. The van der Waals surface area contributed by atoms with Crippen molar-refractivity contribution in [3.63, 3.8) is 0 Å². The van der Waals surface area contributed by atoms with E-state index < -0.39 is 53.8 Å². The summed E-state index contributed by atoms with van der Waals surface area (Å²) in [6, 6.07) is 3.96. The van der Waals surface area contributed by atoms with Crippen LogP contribution in [0.2, 0.25) is 0 Å². The highest BCUT2D eigenvalue weighted by Crippen LogP contribution is 2.36. The van der Waals surface area contributed by atoms with Gasteiger partial charge in [-0.15, -0.1) is 0 Å². The molecular weight excluding hydrogens is 446 g/mol. The van der Waals surface area contributed by atoms with Gasteiger partial charge >= 0.3 is 24.4 Å². The van der Waals surface area contributed by atoms with Crippen LogP contribution in [0.1, 0.15) is 17.5 Å². The van der Waals surface area contributed by atoms with E-state index in [0.717, 1.165) is 36.3 Å². The average Bonchev–Trinajstić information content (AvgIpc) is 2.96. The Morgan fingerprint density at radius 3 is 1.69 bits per heavy atom. The summed E-state index contributed by atoms with van der Waals surface area (Å²) in [6.45, 7) is 0. The number of esters is 1. The molecule has 170 valence electrons. The van der Waals surface area contributed by atoms with Gasteiger partial charge in [0.2, 0.25) is 0 Å². The number of methoxy groups -OCH3 is 1. The van der Waals surface area contributed by atoms with Gasteiger partial charge in [-0.1, -0.05) is 0 Å². The molecule has 32 heavy (non-hydrogen) atoms. The molecule has 1 aliphatic rings. The lowest BCUT2D eigenvalue weighted by Gasteiger charge is -2.21. The number of rotatable bonds is 4. The first-order valence-electron chi connectivity index (χ1n) is 8.93. The maximum atomic E-state index is 13.0. The molecule has 12 heteroatoms. The summed E-state index contributed by atoms with van der Waals surface area (Å²) in [5.74, 6) is -1.82. The number of carbonyl (C=O) groups excluding carboxylic acids is 3. The van der Waals surface area contributed by atoms with Crippen molar-refractivity contribution in [3.8, 4) is 0 Å². The molecule has 0 spiro atoms. The van der Waals surface area contributed by atoms with Crippen molar-refractivity contribution in [3.05, 3.63) is 59.7 Å². The molecule has 3 amide bonds. The van der Waals surface area contributed by atoms with Crippen molar-refractivity contribution < 1.29 is 45.5 Å². The summed E-state index contributed by atoms with van der Waals surface area (Å²) in [5.41, 5.74) is -2.31. The van der Waals surface area contributed by atoms with Crippen LogP contribution in [-0.2, 0) is 26.7 Å². The van der Waals surface area contributed by atoms with Crippen molar-refractivity contribution in [1.29, 1.82) is 0 Å². The lowest BCUT2D eigenvalue weighted by Crippen LogP contribution is -2.37. The van der Waals surface area contributed by atoms with Crippen molar-refractivity contribution in [2.45, 2.75) is 24.8 Å². The number of carbonyl (C=O) groups is 3. The van der Waals surface area contributed by atoms with Gasteiger partial charge in [0.25, 0.3) is 5.91 Å². The van der Waals surface area contributed by atoms with E-state index in [1.54, 1.807) is 0 Å². The molecule has 0 aliphatic carbocycles. The zero-order valence-electron chi connectivity index (χ0n) is 16.2. The van der Waals surface area contributed by atoms with Crippen LogP contribution >= 0.6 is 0 Å². The van der Waals surface area contributed by atoms with Gasteiger partial charge in [-0.25, -0.2) is 9.69 Å². The van der Waals surface area contributed by atoms with Crippen LogP contribution in [0.25, 0.3) is 0 Å². The first kappa shape index (κ1) is 23.1. The Labute approximate surface area is 177 Å². The monoisotopic (exact) mass is 460 g/mol. The second kappa shape index (κ2) is 8.17. The predicted octanol–water partition coefficient (Wildman–Crippen LogP) is 4.63. The van der Waals surface area contributed by atoms with Crippen molar-refractivity contribution in [1.82, 2.24) is 0 Å². The van der Waals surface area contributed by atoms with Crippen molar-refractivity contribution >= 4 is 29.3 Å². The standard InChI is InChI=1S/C20H14F6N2O4/c1-32-16(29)10-15-17(30)28(14-8-4-12(5-9-14)20(24,25)26)18(31)27(15)13-6-2-11(3-7-13)19(21,22)23/h2-9,15H,10H2,1H3. The maximum Gasteiger partial charge on any atom is 0.416 e. The number of alkyl halides is 6. The van der Waals surface area contributed by atoms with E-state index in [4.69, 9.17) is 0 Å². The molecular formula is C20H14F6N2O4. The van der Waals surface area contributed by atoms with Gasteiger partial charge in [-0.2, -0.15) is 26.3 Å². The summed E-state index contributed by atoms with van der Waals surface area (Å²) in [6.07, 6.45) is -9.89. The number of benzene rings is 2. The molecule has 0 N–H and O–H groups in total. The highest BCUT2D eigenvalue weighted by Gasteiger charge is 2.48. The SMILES string of the molecule is COC(=O)CC1C(=O)N(c2ccc(C(F)(F)F)cc2)C(=O)N1c1ccc(C(F)(F)F)cc1. The van der Waals surface area contributed by atoms with E-state index in [0.29, 0.717) is 29.2 Å². The van der Waals surface area contributed by atoms with Gasteiger partial charge in [0.1, 0.15) is 6.04 Å². The fourth-order valence-corrected chi connectivity index (χ4v) is 3.15. The Hall–Kier alpha value is -3.57. The van der Waals surface area contributed by atoms with Crippen LogP contribution in [-0.4, -0.2) is 31.1 Å². The zero-order valence-corrected chi connectivity index (χ0v) is 16.2. The summed E-state index contributed by atoms with van der Waals surface area (Å²) < 4.78 is 81.5. The van der Waals surface area contributed by atoms with Crippen LogP contribution in [0.15, 0.2) is 48.5 Å². The topological polar surface area (TPSA) is 66.9 Å². The highest BCUT2D eigenvalue weighted by molar-refractivity contribution is 6.29. The largest absolute Gasteiger partial charge is 0.469 e. The first-order chi connectivity index (χ1) is 14.8. The van der Waals surface area contributed by atoms with E-state index in [1.807, 2.05) is 0 Å². The third kappa shape index (κ3) is 4.39. The molecule has 0 saturated carbocycles. The molecule has 1 saturated heterocycles. The number of amides is 3. The molecule has 2 aromatic carbocycles. The van der Waals surface area contributed by atoms with E-state index in [1.165, 1.54) is 0 Å². The minimum Gasteiger partial charge on any atom is -0.469 e.